The molecule has 0 atom stereocenters. The predicted octanol–water partition coefficient (Wildman–Crippen LogP) is 0.908. The maximum atomic E-state index is 5.82. The molecule has 13 heavy (non-hydrogen) atoms. The average Bonchev–Trinajstić information content (AvgIpc) is 2.04. The van der Waals surface area contributed by atoms with Crippen LogP contribution in [0.2, 0.25) is 0 Å². The summed E-state index contributed by atoms with van der Waals surface area (Å²) in [6.45, 7) is 5.57. The number of pyridine rings is 1. The van der Waals surface area contributed by atoms with Crippen LogP contribution in [0, 0.1) is 0 Å². The van der Waals surface area contributed by atoms with Gasteiger partial charge in [0.25, 0.3) is 0 Å². The third-order valence-electron chi connectivity index (χ3n) is 1.61. The van der Waals surface area contributed by atoms with Gasteiger partial charge >= 0.3 is 0 Å². The van der Waals surface area contributed by atoms with Gasteiger partial charge in [-0.05, 0) is 26.0 Å². The maximum Gasteiger partial charge on any atom is 0.0541 e. The third kappa shape index (κ3) is 4.60. The molecule has 72 valence electrons. The van der Waals surface area contributed by atoms with Gasteiger partial charge in [0.05, 0.1) is 5.69 Å². The lowest BCUT2D eigenvalue weighted by atomic mass is 10.1. The Morgan fingerprint density at radius 3 is 2.77 bits per heavy atom. The van der Waals surface area contributed by atoms with Crippen LogP contribution in [0.3, 0.4) is 0 Å². The molecular weight excluding hydrogens is 162 g/mol. The second-order valence-electron chi connectivity index (χ2n) is 3.91. The number of aromatic nitrogens is 1. The van der Waals surface area contributed by atoms with Crippen molar-refractivity contribution in [2.45, 2.75) is 25.9 Å². The first-order valence-corrected chi connectivity index (χ1v) is 4.47. The van der Waals surface area contributed by atoms with Gasteiger partial charge in [0, 0.05) is 24.8 Å². The fraction of sp³-hybridized carbons (Fsp3) is 0.500. The van der Waals surface area contributed by atoms with Crippen molar-refractivity contribution in [1.82, 2.24) is 10.3 Å². The summed E-state index contributed by atoms with van der Waals surface area (Å²) >= 11 is 0. The van der Waals surface area contributed by atoms with Gasteiger partial charge in [0.15, 0.2) is 0 Å². The van der Waals surface area contributed by atoms with Crippen molar-refractivity contribution in [2.24, 2.45) is 5.73 Å². The highest BCUT2D eigenvalue weighted by Gasteiger charge is 2.08. The van der Waals surface area contributed by atoms with Crippen LogP contribution in [-0.4, -0.2) is 17.1 Å². The highest BCUT2D eigenvalue weighted by molar-refractivity contribution is 5.03. The Labute approximate surface area is 79.4 Å². The van der Waals surface area contributed by atoms with E-state index in [1.54, 1.807) is 6.20 Å². The smallest absolute Gasteiger partial charge is 0.0541 e. The van der Waals surface area contributed by atoms with Crippen molar-refractivity contribution in [2.75, 3.05) is 6.54 Å². The lowest BCUT2D eigenvalue weighted by molar-refractivity contribution is 0.465. The van der Waals surface area contributed by atoms with E-state index >= 15 is 0 Å². The van der Waals surface area contributed by atoms with Gasteiger partial charge < -0.3 is 11.1 Å². The topological polar surface area (TPSA) is 50.9 Å². The fourth-order valence-corrected chi connectivity index (χ4v) is 1.02. The van der Waals surface area contributed by atoms with Gasteiger partial charge in [-0.1, -0.05) is 6.07 Å². The predicted molar refractivity (Wildman–Crippen MR) is 54.2 cm³/mol. The molecule has 3 nitrogen and oxygen atoms in total. The van der Waals surface area contributed by atoms with E-state index in [0.717, 1.165) is 18.8 Å². The van der Waals surface area contributed by atoms with E-state index in [2.05, 4.69) is 10.3 Å². The van der Waals surface area contributed by atoms with Gasteiger partial charge in [-0.15, -0.1) is 0 Å². The molecule has 0 spiro atoms. The highest BCUT2D eigenvalue weighted by atomic mass is 14.9. The molecule has 0 aromatic carbocycles. The van der Waals surface area contributed by atoms with Gasteiger partial charge in [-0.25, -0.2) is 0 Å². The van der Waals surface area contributed by atoms with E-state index in [0.29, 0.717) is 0 Å². The molecule has 0 saturated heterocycles. The first-order chi connectivity index (χ1) is 6.08. The third-order valence-corrected chi connectivity index (χ3v) is 1.61. The Morgan fingerprint density at radius 1 is 1.46 bits per heavy atom. The summed E-state index contributed by atoms with van der Waals surface area (Å²) < 4.78 is 0. The number of nitrogens with one attached hydrogen (secondary N) is 1. The number of hydrogen-bond acceptors (Lipinski definition) is 3. The summed E-state index contributed by atoms with van der Waals surface area (Å²) in [6, 6.07) is 5.89. The van der Waals surface area contributed by atoms with Crippen molar-refractivity contribution in [1.29, 1.82) is 0 Å². The second-order valence-corrected chi connectivity index (χ2v) is 3.91. The molecule has 3 N–H and O–H groups in total. The van der Waals surface area contributed by atoms with Crippen LogP contribution >= 0.6 is 0 Å². The molecule has 3 heteroatoms. The Morgan fingerprint density at radius 2 is 2.23 bits per heavy atom. The second kappa shape index (κ2) is 4.35. The summed E-state index contributed by atoms with van der Waals surface area (Å²) in [5.41, 5.74) is 6.71. The molecule has 0 aliphatic rings. The van der Waals surface area contributed by atoms with Crippen LogP contribution in [0.5, 0.6) is 0 Å². The molecular formula is C10H17N3. The Kier molecular flexibility index (Phi) is 3.39. The molecule has 1 aromatic heterocycles. The summed E-state index contributed by atoms with van der Waals surface area (Å²) in [4.78, 5) is 4.19. The van der Waals surface area contributed by atoms with Crippen LogP contribution in [-0.2, 0) is 6.54 Å². The summed E-state index contributed by atoms with van der Waals surface area (Å²) in [6.07, 6.45) is 1.80. The zero-order chi connectivity index (χ0) is 9.73. The molecule has 0 aliphatic carbocycles. The molecule has 0 saturated carbocycles. The molecule has 0 amide bonds. The first-order valence-electron chi connectivity index (χ1n) is 4.47. The van der Waals surface area contributed by atoms with E-state index in [1.807, 2.05) is 32.0 Å². The van der Waals surface area contributed by atoms with E-state index in [9.17, 15) is 0 Å². The normalized spacial score (nSPS) is 11.6. The Hall–Kier alpha value is -0.930. The van der Waals surface area contributed by atoms with Crippen LogP contribution in [0.25, 0.3) is 0 Å². The molecule has 0 fully saturated rings. The lowest BCUT2D eigenvalue weighted by Crippen LogP contribution is -2.42. The van der Waals surface area contributed by atoms with Gasteiger partial charge in [-0.3, -0.25) is 4.98 Å². The zero-order valence-electron chi connectivity index (χ0n) is 8.25. The SMILES string of the molecule is CC(C)(N)CNCc1ccccn1. The van der Waals surface area contributed by atoms with Crippen molar-refractivity contribution in [3.8, 4) is 0 Å². The Balaban J connectivity index is 2.29. The fourth-order valence-electron chi connectivity index (χ4n) is 1.02. The number of rotatable bonds is 4. The standard InChI is InChI=1S/C10H17N3/c1-10(2,11)8-12-7-9-5-3-4-6-13-9/h3-6,12H,7-8,11H2,1-2H3. The molecule has 1 heterocycles. The van der Waals surface area contributed by atoms with Gasteiger partial charge in [0.1, 0.15) is 0 Å². The highest BCUT2D eigenvalue weighted by Crippen LogP contribution is 1.95. The molecule has 1 rings (SSSR count). The van der Waals surface area contributed by atoms with Gasteiger partial charge in [0.2, 0.25) is 0 Å². The van der Waals surface area contributed by atoms with E-state index < -0.39 is 0 Å². The van der Waals surface area contributed by atoms with Crippen molar-refractivity contribution < 1.29 is 0 Å². The average molecular weight is 179 g/mol. The molecule has 0 unspecified atom stereocenters. The van der Waals surface area contributed by atoms with Crippen molar-refractivity contribution in [3.63, 3.8) is 0 Å². The quantitative estimate of drug-likeness (QED) is 0.722. The molecule has 0 bridgehead atoms. The molecule has 0 radical (unpaired) electrons. The van der Waals surface area contributed by atoms with E-state index in [4.69, 9.17) is 5.73 Å². The van der Waals surface area contributed by atoms with Gasteiger partial charge in [-0.2, -0.15) is 0 Å². The summed E-state index contributed by atoms with van der Waals surface area (Å²) in [5.74, 6) is 0. The van der Waals surface area contributed by atoms with E-state index in [-0.39, 0.29) is 5.54 Å². The van der Waals surface area contributed by atoms with Crippen LogP contribution in [0.4, 0.5) is 0 Å². The molecule has 0 aliphatic heterocycles. The number of nitrogens with zero attached hydrogens (tertiary/aromatic N) is 1. The first kappa shape index (κ1) is 10.2. The lowest BCUT2D eigenvalue weighted by Gasteiger charge is -2.18. The summed E-state index contributed by atoms with van der Waals surface area (Å²) in [7, 11) is 0. The van der Waals surface area contributed by atoms with Crippen LogP contribution < -0.4 is 11.1 Å². The monoisotopic (exact) mass is 179 g/mol. The maximum absolute atomic E-state index is 5.82. The minimum Gasteiger partial charge on any atom is -0.324 e. The minimum atomic E-state index is -0.158. The largest absolute Gasteiger partial charge is 0.324 e. The summed E-state index contributed by atoms with van der Waals surface area (Å²) in [5, 5.41) is 3.25. The van der Waals surface area contributed by atoms with Crippen LogP contribution in [0.15, 0.2) is 24.4 Å². The molecule has 1 aromatic rings. The number of nitrogens with two attached hydrogens (primary N) is 1. The Bertz CT molecular complexity index is 238. The minimum absolute atomic E-state index is 0.158. The van der Waals surface area contributed by atoms with E-state index in [1.165, 1.54) is 0 Å². The van der Waals surface area contributed by atoms with Crippen LogP contribution in [0.1, 0.15) is 19.5 Å². The van der Waals surface area contributed by atoms with Crippen molar-refractivity contribution in [3.05, 3.63) is 30.1 Å². The zero-order valence-corrected chi connectivity index (χ0v) is 8.25. The number of hydrogen-bond donors (Lipinski definition) is 2. The van der Waals surface area contributed by atoms with Crippen molar-refractivity contribution >= 4 is 0 Å².